The van der Waals surface area contributed by atoms with Crippen LogP contribution in [0.4, 0.5) is 0 Å². The lowest BCUT2D eigenvalue weighted by molar-refractivity contribution is 0.281. The number of phenols is 1. The highest BCUT2D eigenvalue weighted by Gasteiger charge is 2.07. The van der Waals surface area contributed by atoms with Gasteiger partial charge >= 0.3 is 0 Å². The molecular weight excluding hydrogens is 220 g/mol. The molecule has 90 valence electrons. The van der Waals surface area contributed by atoms with E-state index in [1.54, 1.807) is 24.3 Å². The van der Waals surface area contributed by atoms with Crippen LogP contribution >= 0.6 is 0 Å². The van der Waals surface area contributed by atoms with E-state index in [2.05, 4.69) is 10.1 Å². The summed E-state index contributed by atoms with van der Waals surface area (Å²) >= 11 is 0. The number of benzene rings is 1. The Bertz CT molecular complexity index is 465. The maximum absolute atomic E-state index is 9.16. The normalized spacial score (nSPS) is 10.6. The molecule has 2 rings (SSSR count). The molecule has 0 aliphatic carbocycles. The third-order valence-electron chi connectivity index (χ3n) is 2.39. The predicted octanol–water partition coefficient (Wildman–Crippen LogP) is 1.76. The molecule has 0 spiro atoms. The summed E-state index contributed by atoms with van der Waals surface area (Å²) in [6.07, 6.45) is 2.23. The van der Waals surface area contributed by atoms with Gasteiger partial charge in [-0.1, -0.05) is 5.16 Å². The van der Waals surface area contributed by atoms with Crippen molar-refractivity contribution >= 4 is 0 Å². The van der Waals surface area contributed by atoms with Crippen molar-refractivity contribution in [3.63, 3.8) is 0 Å². The van der Waals surface area contributed by atoms with Gasteiger partial charge in [0.2, 0.25) is 11.7 Å². The highest BCUT2D eigenvalue weighted by molar-refractivity contribution is 5.55. The number of aryl methyl sites for hydroxylation is 1. The van der Waals surface area contributed by atoms with Crippen molar-refractivity contribution in [3.05, 3.63) is 30.2 Å². The SMILES string of the molecule is OCCCCc1nc(-c2ccc(O)cc2)no1. The van der Waals surface area contributed by atoms with Gasteiger partial charge in [0.05, 0.1) is 0 Å². The van der Waals surface area contributed by atoms with Crippen molar-refractivity contribution in [2.24, 2.45) is 0 Å². The van der Waals surface area contributed by atoms with Gasteiger partial charge in [-0.3, -0.25) is 0 Å². The van der Waals surface area contributed by atoms with E-state index in [4.69, 9.17) is 14.7 Å². The molecule has 5 nitrogen and oxygen atoms in total. The lowest BCUT2D eigenvalue weighted by Crippen LogP contribution is -1.88. The van der Waals surface area contributed by atoms with Crippen LogP contribution in [0.15, 0.2) is 28.8 Å². The molecule has 0 aliphatic heterocycles. The molecule has 17 heavy (non-hydrogen) atoms. The first-order chi connectivity index (χ1) is 8.29. The van der Waals surface area contributed by atoms with E-state index in [1.165, 1.54) is 0 Å². The summed E-state index contributed by atoms with van der Waals surface area (Å²) in [7, 11) is 0. The number of rotatable bonds is 5. The minimum atomic E-state index is 0.180. The Morgan fingerprint density at radius 2 is 1.88 bits per heavy atom. The number of aliphatic hydroxyl groups is 1. The fourth-order valence-electron chi connectivity index (χ4n) is 1.47. The number of unbranched alkanes of at least 4 members (excludes halogenated alkanes) is 1. The van der Waals surface area contributed by atoms with Gasteiger partial charge in [-0.25, -0.2) is 0 Å². The van der Waals surface area contributed by atoms with Crippen molar-refractivity contribution < 1.29 is 14.7 Å². The number of phenolic OH excluding ortho intramolecular Hbond substituents is 1. The van der Waals surface area contributed by atoms with Crippen LogP contribution in [0.5, 0.6) is 5.75 Å². The van der Waals surface area contributed by atoms with Gasteiger partial charge in [0, 0.05) is 18.6 Å². The number of aliphatic hydroxyl groups excluding tert-OH is 1. The fourth-order valence-corrected chi connectivity index (χ4v) is 1.47. The highest BCUT2D eigenvalue weighted by Crippen LogP contribution is 2.19. The average Bonchev–Trinajstić information content (AvgIpc) is 2.79. The van der Waals surface area contributed by atoms with Gasteiger partial charge in [0.25, 0.3) is 0 Å². The fraction of sp³-hybridized carbons (Fsp3) is 0.333. The van der Waals surface area contributed by atoms with E-state index in [0.717, 1.165) is 18.4 Å². The Kier molecular flexibility index (Phi) is 3.72. The molecule has 0 aliphatic rings. The van der Waals surface area contributed by atoms with Crippen molar-refractivity contribution in [3.8, 4) is 17.1 Å². The lowest BCUT2D eigenvalue weighted by Gasteiger charge is -1.94. The van der Waals surface area contributed by atoms with Crippen LogP contribution in [-0.4, -0.2) is 27.0 Å². The number of nitrogens with zero attached hydrogens (tertiary/aromatic N) is 2. The van der Waals surface area contributed by atoms with Gasteiger partial charge in [-0.05, 0) is 37.1 Å². The second-order valence-electron chi connectivity index (χ2n) is 3.74. The molecule has 1 heterocycles. The Hall–Kier alpha value is -1.88. The summed E-state index contributed by atoms with van der Waals surface area (Å²) in [6, 6.07) is 6.63. The van der Waals surface area contributed by atoms with E-state index in [9.17, 15) is 0 Å². The van der Waals surface area contributed by atoms with Crippen LogP contribution in [0.3, 0.4) is 0 Å². The highest BCUT2D eigenvalue weighted by atomic mass is 16.5. The number of hydrogen-bond donors (Lipinski definition) is 2. The van der Waals surface area contributed by atoms with Crippen molar-refractivity contribution in [1.29, 1.82) is 0 Å². The third-order valence-corrected chi connectivity index (χ3v) is 2.39. The molecule has 0 saturated carbocycles. The first-order valence-electron chi connectivity index (χ1n) is 5.52. The molecule has 0 unspecified atom stereocenters. The van der Waals surface area contributed by atoms with Gasteiger partial charge in [0.1, 0.15) is 5.75 Å². The monoisotopic (exact) mass is 234 g/mol. The predicted molar refractivity (Wildman–Crippen MR) is 61.4 cm³/mol. The molecule has 2 N–H and O–H groups in total. The quantitative estimate of drug-likeness (QED) is 0.770. The van der Waals surface area contributed by atoms with E-state index >= 15 is 0 Å². The maximum Gasteiger partial charge on any atom is 0.226 e. The van der Waals surface area contributed by atoms with Gasteiger partial charge in [-0.15, -0.1) is 0 Å². The zero-order valence-electron chi connectivity index (χ0n) is 9.33. The summed E-state index contributed by atoms with van der Waals surface area (Å²) in [5.74, 6) is 1.30. The van der Waals surface area contributed by atoms with Crippen LogP contribution in [0.2, 0.25) is 0 Å². The topological polar surface area (TPSA) is 79.4 Å². The Morgan fingerprint density at radius 3 is 2.59 bits per heavy atom. The zero-order chi connectivity index (χ0) is 12.1. The average molecular weight is 234 g/mol. The molecule has 5 heteroatoms. The van der Waals surface area contributed by atoms with E-state index in [1.807, 2.05) is 0 Å². The number of aromatic nitrogens is 2. The first-order valence-corrected chi connectivity index (χ1v) is 5.52. The molecule has 0 atom stereocenters. The lowest BCUT2D eigenvalue weighted by atomic mass is 10.2. The van der Waals surface area contributed by atoms with Gasteiger partial charge in [0.15, 0.2) is 0 Å². The molecule has 0 fully saturated rings. The molecule has 0 amide bonds. The van der Waals surface area contributed by atoms with Crippen LogP contribution in [-0.2, 0) is 6.42 Å². The minimum absolute atomic E-state index is 0.180. The van der Waals surface area contributed by atoms with E-state index in [0.29, 0.717) is 18.1 Å². The Labute approximate surface area is 98.7 Å². The number of hydrogen-bond acceptors (Lipinski definition) is 5. The van der Waals surface area contributed by atoms with Gasteiger partial charge < -0.3 is 14.7 Å². The summed E-state index contributed by atoms with van der Waals surface area (Å²) in [5, 5.41) is 21.7. The molecule has 1 aromatic carbocycles. The summed E-state index contributed by atoms with van der Waals surface area (Å²) < 4.78 is 5.09. The van der Waals surface area contributed by atoms with Crippen molar-refractivity contribution in [1.82, 2.24) is 10.1 Å². The number of aromatic hydroxyl groups is 1. The van der Waals surface area contributed by atoms with Crippen LogP contribution in [0.25, 0.3) is 11.4 Å². The van der Waals surface area contributed by atoms with Crippen LogP contribution < -0.4 is 0 Å². The minimum Gasteiger partial charge on any atom is -0.508 e. The standard InChI is InChI=1S/C12H14N2O3/c15-8-2-1-3-11-13-12(14-17-11)9-4-6-10(16)7-5-9/h4-7,15-16H,1-3,8H2. The second-order valence-corrected chi connectivity index (χ2v) is 3.74. The van der Waals surface area contributed by atoms with Crippen molar-refractivity contribution in [2.45, 2.75) is 19.3 Å². The summed E-state index contributed by atoms with van der Waals surface area (Å²) in [4.78, 5) is 4.24. The van der Waals surface area contributed by atoms with Crippen LogP contribution in [0, 0.1) is 0 Å². The summed E-state index contributed by atoms with van der Waals surface area (Å²) in [6.45, 7) is 0.180. The maximum atomic E-state index is 9.16. The third kappa shape index (κ3) is 3.04. The second kappa shape index (κ2) is 5.45. The molecule has 1 aromatic heterocycles. The van der Waals surface area contributed by atoms with E-state index in [-0.39, 0.29) is 12.4 Å². The molecule has 0 saturated heterocycles. The molecular formula is C12H14N2O3. The van der Waals surface area contributed by atoms with Gasteiger partial charge in [-0.2, -0.15) is 4.98 Å². The smallest absolute Gasteiger partial charge is 0.226 e. The Morgan fingerprint density at radius 1 is 1.12 bits per heavy atom. The molecule has 0 radical (unpaired) electrons. The zero-order valence-corrected chi connectivity index (χ0v) is 9.33. The van der Waals surface area contributed by atoms with Crippen molar-refractivity contribution in [2.75, 3.05) is 6.61 Å². The largest absolute Gasteiger partial charge is 0.508 e. The Balaban J connectivity index is 2.04. The summed E-state index contributed by atoms with van der Waals surface area (Å²) in [5.41, 5.74) is 0.806. The van der Waals surface area contributed by atoms with E-state index < -0.39 is 0 Å². The molecule has 0 bridgehead atoms. The molecule has 2 aromatic rings. The van der Waals surface area contributed by atoms with Crippen LogP contribution in [0.1, 0.15) is 18.7 Å². The first kappa shape index (κ1) is 11.6.